The number of nitrogens with zero attached hydrogens (tertiary/aromatic N) is 7. The molecule has 3 aliphatic rings. The number of para-hydroxylation sites is 1. The van der Waals surface area contributed by atoms with E-state index in [1.54, 1.807) is 35.4 Å². The number of benzene rings is 3. The van der Waals surface area contributed by atoms with Crippen molar-refractivity contribution < 1.29 is 28.8 Å². The molecule has 2 aromatic heterocycles. The van der Waals surface area contributed by atoms with Gasteiger partial charge in [0.2, 0.25) is 23.6 Å². The molecule has 1 atom stereocenters. The molecule has 8 rings (SSSR count). The molecule has 0 radical (unpaired) electrons. The molecule has 16 nitrogen and oxygen atoms in total. The molecular weight excluding hydrogens is 944 g/mol. The summed E-state index contributed by atoms with van der Waals surface area (Å²) in [6, 6.07) is 26.8. The lowest BCUT2D eigenvalue weighted by Crippen LogP contribution is -2.50. The highest BCUT2D eigenvalue weighted by atomic mass is 35.5. The molecule has 3 fully saturated rings. The van der Waals surface area contributed by atoms with Crippen LogP contribution in [0.15, 0.2) is 97.2 Å². The maximum absolute atomic E-state index is 13.8. The molecule has 5 heterocycles. The normalized spacial score (nSPS) is 16.2. The molecule has 3 aromatic carbocycles. The van der Waals surface area contributed by atoms with Crippen molar-refractivity contribution in [1.29, 1.82) is 0 Å². The Morgan fingerprint density at radius 3 is 1.87 bits per heavy atom. The summed E-state index contributed by atoms with van der Waals surface area (Å²) >= 11 is 13.0. The van der Waals surface area contributed by atoms with Gasteiger partial charge in [-0.05, 0) is 79.9 Å². The topological polar surface area (TPSA) is 182 Å². The molecule has 3 aliphatic heterocycles. The molecule has 0 spiro atoms. The van der Waals surface area contributed by atoms with E-state index in [4.69, 9.17) is 23.2 Å². The van der Waals surface area contributed by atoms with Crippen molar-refractivity contribution in [3.8, 4) is 16.9 Å². The number of unbranched alkanes of at least 4 members (excludes halogenated alkanes) is 7. The number of imide groups is 1. The van der Waals surface area contributed by atoms with Gasteiger partial charge in [0.05, 0.1) is 27.0 Å². The van der Waals surface area contributed by atoms with Gasteiger partial charge in [0.1, 0.15) is 11.9 Å². The molecule has 71 heavy (non-hydrogen) atoms. The van der Waals surface area contributed by atoms with Crippen molar-refractivity contribution in [3.63, 3.8) is 0 Å². The van der Waals surface area contributed by atoms with E-state index in [0.29, 0.717) is 86.9 Å². The second kappa shape index (κ2) is 24.4. The Kier molecular flexibility index (Phi) is 17.4. The van der Waals surface area contributed by atoms with Crippen LogP contribution in [-0.2, 0) is 19.2 Å². The third kappa shape index (κ3) is 13.4. The predicted octanol–water partition coefficient (Wildman–Crippen LogP) is 8.24. The van der Waals surface area contributed by atoms with Crippen LogP contribution in [-0.4, -0.2) is 123 Å². The van der Waals surface area contributed by atoms with Gasteiger partial charge < -0.3 is 30.2 Å². The average Bonchev–Trinajstić information content (AvgIpc) is 3.81. The highest BCUT2D eigenvalue weighted by molar-refractivity contribution is 6.38. The summed E-state index contributed by atoms with van der Waals surface area (Å²) in [5.74, 6) is -0.729. The van der Waals surface area contributed by atoms with Crippen LogP contribution >= 0.6 is 23.2 Å². The molecule has 5 aromatic rings. The molecule has 0 aliphatic carbocycles. The van der Waals surface area contributed by atoms with Gasteiger partial charge in [-0.2, -0.15) is 5.10 Å². The fourth-order valence-electron chi connectivity index (χ4n) is 9.23. The first-order valence-electron chi connectivity index (χ1n) is 24.7. The van der Waals surface area contributed by atoms with Crippen molar-refractivity contribution in [2.45, 2.75) is 83.1 Å². The summed E-state index contributed by atoms with van der Waals surface area (Å²) in [6.07, 6.45) is 11.6. The molecule has 18 heteroatoms. The van der Waals surface area contributed by atoms with Crippen LogP contribution in [0.5, 0.6) is 0 Å². The van der Waals surface area contributed by atoms with E-state index in [2.05, 4.69) is 30.9 Å². The summed E-state index contributed by atoms with van der Waals surface area (Å²) < 4.78 is 1.51. The summed E-state index contributed by atoms with van der Waals surface area (Å²) in [7, 11) is 0. The fourth-order valence-corrected chi connectivity index (χ4v) is 9.80. The minimum absolute atomic E-state index is 0.101. The monoisotopic (exact) mass is 1000 g/mol. The lowest BCUT2D eigenvalue weighted by molar-refractivity contribution is -0.134. The molecular formula is C53H60Cl2N10O6. The van der Waals surface area contributed by atoms with E-state index >= 15 is 0 Å². The van der Waals surface area contributed by atoms with E-state index in [1.807, 2.05) is 70.5 Å². The van der Waals surface area contributed by atoms with Gasteiger partial charge in [-0.3, -0.25) is 39.1 Å². The van der Waals surface area contributed by atoms with Crippen molar-refractivity contribution in [2.24, 2.45) is 0 Å². The molecule has 3 saturated heterocycles. The first-order chi connectivity index (χ1) is 34.5. The third-order valence-electron chi connectivity index (χ3n) is 13.3. The number of piperazine rings is 2. The largest absolute Gasteiger partial charge is 0.374 e. The highest BCUT2D eigenvalue weighted by Gasteiger charge is 2.29. The van der Waals surface area contributed by atoms with E-state index in [0.717, 1.165) is 75.8 Å². The minimum atomic E-state index is -0.512. The second-order valence-corrected chi connectivity index (χ2v) is 19.0. The summed E-state index contributed by atoms with van der Waals surface area (Å²) in [5.41, 5.74) is 4.02. The van der Waals surface area contributed by atoms with Gasteiger partial charge in [-0.15, -0.1) is 0 Å². The van der Waals surface area contributed by atoms with Crippen LogP contribution in [0.3, 0.4) is 0 Å². The Morgan fingerprint density at radius 1 is 0.648 bits per heavy atom. The van der Waals surface area contributed by atoms with Gasteiger partial charge >= 0.3 is 0 Å². The Bertz CT molecular complexity index is 2670. The average molecular weight is 1000 g/mol. The van der Waals surface area contributed by atoms with Gasteiger partial charge in [0.15, 0.2) is 5.69 Å². The quantitative estimate of drug-likeness (QED) is 0.0538. The number of anilines is 3. The van der Waals surface area contributed by atoms with Gasteiger partial charge in [-0.25, -0.2) is 4.68 Å². The van der Waals surface area contributed by atoms with Crippen molar-refractivity contribution in [2.75, 3.05) is 67.9 Å². The molecule has 0 bridgehead atoms. The van der Waals surface area contributed by atoms with E-state index < -0.39 is 11.9 Å². The molecule has 0 saturated carbocycles. The zero-order valence-corrected chi connectivity index (χ0v) is 41.3. The van der Waals surface area contributed by atoms with E-state index in [-0.39, 0.29) is 51.6 Å². The number of pyridine rings is 1. The lowest BCUT2D eigenvalue weighted by atomic mass is 10.1. The number of hydrogen-bond acceptors (Lipinski definition) is 10. The predicted molar refractivity (Wildman–Crippen MR) is 275 cm³/mol. The molecule has 6 amide bonds. The second-order valence-electron chi connectivity index (χ2n) is 18.2. The van der Waals surface area contributed by atoms with E-state index in [9.17, 15) is 28.8 Å². The SMILES string of the molecule is O=C1CCC(Nc2ccc(N3CCN(C(=O)CCCCCCCCCCC(=O)N4CCN(C(=O)c5cc(NC(=O)c6cc(-c7ccccn7)c(Cl)cc6Cl)n(-c6ccccc6)n5)CC4)CC3)cc2)C(=O)N1. The zero-order valence-electron chi connectivity index (χ0n) is 39.8. The fraction of sp³-hybridized carbons (Fsp3) is 0.396. The maximum atomic E-state index is 13.8. The van der Waals surface area contributed by atoms with Gasteiger partial charge in [0, 0.05) is 101 Å². The smallest absolute Gasteiger partial charge is 0.274 e. The molecule has 372 valence electrons. The number of nitrogens with one attached hydrogen (secondary N) is 3. The number of aromatic nitrogens is 3. The Morgan fingerprint density at radius 2 is 1.25 bits per heavy atom. The number of rotatable bonds is 19. The van der Waals surface area contributed by atoms with Crippen LogP contribution in [0.4, 0.5) is 17.2 Å². The number of carbonyl (C=O) groups excluding carboxylic acids is 6. The van der Waals surface area contributed by atoms with Crippen molar-refractivity contribution in [3.05, 3.63) is 118 Å². The van der Waals surface area contributed by atoms with E-state index in [1.165, 1.54) is 10.7 Å². The third-order valence-corrected chi connectivity index (χ3v) is 13.9. The number of hydrogen-bond donors (Lipinski definition) is 3. The van der Waals surface area contributed by atoms with Crippen molar-refractivity contribution >= 4 is 75.8 Å². The van der Waals surface area contributed by atoms with Crippen LogP contribution in [0.25, 0.3) is 16.9 Å². The number of carbonyl (C=O) groups is 6. The number of halogens is 2. The van der Waals surface area contributed by atoms with Crippen LogP contribution in [0.2, 0.25) is 10.0 Å². The lowest BCUT2D eigenvalue weighted by Gasteiger charge is -2.36. The molecule has 1 unspecified atom stereocenters. The van der Waals surface area contributed by atoms with Crippen LogP contribution in [0.1, 0.15) is 97.9 Å². The standard InChI is InChI=1S/C53H60Cl2N10O6/c54-42-35-43(55)41(34-40(42)44-16-12-13-25-56-44)51(69)58-47-36-46(60-65(47)39-14-8-7-9-15-39)53(71)64-32-30-63(31-33-64)50(68)18-11-6-4-2-1-3-5-10-17-49(67)62-28-26-61(27-29-62)38-21-19-37(20-22-38)57-45-23-24-48(66)59-52(45)70/h7-9,12-16,19-22,25,34-36,45,57H,1-6,10-11,17-18,23-24,26-33H2,(H,58,69)(H,59,66,70). The van der Waals surface area contributed by atoms with Gasteiger partial charge in [-0.1, -0.05) is 86.0 Å². The zero-order chi connectivity index (χ0) is 49.7. The van der Waals surface area contributed by atoms with Crippen molar-refractivity contribution in [1.82, 2.24) is 34.8 Å². The first-order valence-corrected chi connectivity index (χ1v) is 25.4. The number of piperidine rings is 1. The summed E-state index contributed by atoms with van der Waals surface area (Å²) in [6.45, 7) is 4.53. The Balaban J connectivity index is 0.695. The first kappa shape index (κ1) is 50.6. The maximum Gasteiger partial charge on any atom is 0.274 e. The van der Waals surface area contributed by atoms with Gasteiger partial charge in [0.25, 0.3) is 11.8 Å². The van der Waals surface area contributed by atoms with Crippen LogP contribution in [0, 0.1) is 0 Å². The molecule has 3 N–H and O–H groups in total. The Hall–Kier alpha value is -6.78. The number of amides is 6. The highest BCUT2D eigenvalue weighted by Crippen LogP contribution is 2.33. The Labute approximate surface area is 424 Å². The summed E-state index contributed by atoms with van der Waals surface area (Å²) in [4.78, 5) is 89.4. The summed E-state index contributed by atoms with van der Waals surface area (Å²) in [5, 5.41) is 13.6. The van der Waals surface area contributed by atoms with Crippen LogP contribution < -0.4 is 20.9 Å². The minimum Gasteiger partial charge on any atom is -0.374 e.